The average Bonchev–Trinajstić information content (AvgIpc) is 2.59. The molecule has 1 atom stereocenters. The van der Waals surface area contributed by atoms with Gasteiger partial charge in [-0.15, -0.1) is 0 Å². The van der Waals surface area contributed by atoms with E-state index in [1.165, 1.54) is 13.0 Å². The van der Waals surface area contributed by atoms with E-state index in [0.717, 1.165) is 11.8 Å². The number of rotatable bonds is 6. The molecule has 156 valence electrons. The van der Waals surface area contributed by atoms with Crippen molar-refractivity contribution in [2.45, 2.75) is 53.3 Å². The summed E-state index contributed by atoms with van der Waals surface area (Å²) in [5.74, 6) is -0.568. The van der Waals surface area contributed by atoms with E-state index in [9.17, 15) is 22.8 Å². The molecule has 1 amide bonds. The van der Waals surface area contributed by atoms with Crippen LogP contribution in [0.3, 0.4) is 0 Å². The molecule has 0 saturated heterocycles. The molecule has 0 fully saturated rings. The molecule has 1 unspecified atom stereocenters. The van der Waals surface area contributed by atoms with E-state index in [-0.39, 0.29) is 29.2 Å². The Labute approximate surface area is 167 Å². The average molecular weight is 407 g/mol. The highest BCUT2D eigenvalue weighted by atomic mass is 19.4. The van der Waals surface area contributed by atoms with Gasteiger partial charge in [0, 0.05) is 29.9 Å². The Bertz CT molecular complexity index is 924. The molecule has 0 aliphatic heterocycles. The summed E-state index contributed by atoms with van der Waals surface area (Å²) in [6, 6.07) is 4.29. The van der Waals surface area contributed by atoms with Crippen molar-refractivity contribution in [1.29, 1.82) is 0 Å². The molecule has 5 nitrogen and oxygen atoms in total. The number of aryl methyl sites for hydroxylation is 2. The number of ketones is 1. The number of hydrogen-bond donors (Lipinski definition) is 1. The van der Waals surface area contributed by atoms with E-state index in [1.807, 2.05) is 13.8 Å². The first-order chi connectivity index (χ1) is 13.4. The molecule has 2 heterocycles. The lowest BCUT2D eigenvalue weighted by atomic mass is 10.0. The Kier molecular flexibility index (Phi) is 6.77. The van der Waals surface area contributed by atoms with Gasteiger partial charge in [0.05, 0.1) is 11.6 Å². The van der Waals surface area contributed by atoms with Crippen molar-refractivity contribution in [2.24, 2.45) is 5.92 Å². The monoisotopic (exact) mass is 407 g/mol. The summed E-state index contributed by atoms with van der Waals surface area (Å²) in [6.07, 6.45) is -3.44. The molecule has 0 aliphatic carbocycles. The topological polar surface area (TPSA) is 72.0 Å². The normalized spacial score (nSPS) is 12.7. The van der Waals surface area contributed by atoms with E-state index in [4.69, 9.17) is 0 Å². The van der Waals surface area contributed by atoms with E-state index < -0.39 is 23.8 Å². The predicted octanol–water partition coefficient (Wildman–Crippen LogP) is 4.37. The van der Waals surface area contributed by atoms with Gasteiger partial charge in [-0.25, -0.2) is 0 Å². The van der Waals surface area contributed by atoms with Crippen molar-refractivity contribution >= 4 is 11.7 Å². The van der Waals surface area contributed by atoms with Gasteiger partial charge in [-0.05, 0) is 50.1 Å². The van der Waals surface area contributed by atoms with Crippen LogP contribution in [0.25, 0.3) is 0 Å². The number of alkyl halides is 3. The van der Waals surface area contributed by atoms with Gasteiger partial charge in [0.25, 0.3) is 5.91 Å². The van der Waals surface area contributed by atoms with E-state index >= 15 is 0 Å². The molecule has 2 aromatic heterocycles. The molecule has 0 saturated carbocycles. The maximum absolute atomic E-state index is 12.8. The second-order valence-electron chi connectivity index (χ2n) is 7.41. The van der Waals surface area contributed by atoms with Gasteiger partial charge in [-0.1, -0.05) is 13.8 Å². The summed E-state index contributed by atoms with van der Waals surface area (Å²) in [7, 11) is 0. The fraction of sp³-hybridized carbons (Fsp3) is 0.429. The van der Waals surface area contributed by atoms with Crippen LogP contribution in [-0.4, -0.2) is 21.7 Å². The first-order valence-electron chi connectivity index (χ1n) is 9.23. The van der Waals surface area contributed by atoms with Gasteiger partial charge < -0.3 is 5.32 Å². The lowest BCUT2D eigenvalue weighted by molar-refractivity contribution is -0.141. The van der Waals surface area contributed by atoms with Crippen molar-refractivity contribution in [3.8, 4) is 0 Å². The molecule has 2 aromatic rings. The van der Waals surface area contributed by atoms with Crippen LogP contribution < -0.4 is 5.32 Å². The van der Waals surface area contributed by atoms with Gasteiger partial charge in [0.1, 0.15) is 11.5 Å². The minimum Gasteiger partial charge on any atom is -0.345 e. The number of aromatic nitrogens is 2. The zero-order valence-corrected chi connectivity index (χ0v) is 17.0. The highest BCUT2D eigenvalue weighted by molar-refractivity contribution is 5.94. The Morgan fingerprint density at radius 3 is 2.31 bits per heavy atom. The molecule has 29 heavy (non-hydrogen) atoms. The van der Waals surface area contributed by atoms with Crippen LogP contribution in [0.15, 0.2) is 24.4 Å². The van der Waals surface area contributed by atoms with E-state index in [1.54, 1.807) is 26.0 Å². The molecule has 0 spiro atoms. The van der Waals surface area contributed by atoms with Gasteiger partial charge in [-0.3, -0.25) is 19.6 Å². The van der Waals surface area contributed by atoms with Crippen molar-refractivity contribution in [3.05, 3.63) is 58.2 Å². The van der Waals surface area contributed by atoms with Crippen LogP contribution in [0.1, 0.15) is 65.4 Å². The number of pyridine rings is 2. The highest BCUT2D eigenvalue weighted by Crippen LogP contribution is 2.30. The van der Waals surface area contributed by atoms with E-state index in [0.29, 0.717) is 11.4 Å². The molecule has 8 heteroatoms. The second kappa shape index (κ2) is 8.71. The summed E-state index contributed by atoms with van der Waals surface area (Å²) in [5, 5.41) is 2.76. The first-order valence-corrected chi connectivity index (χ1v) is 9.23. The van der Waals surface area contributed by atoms with Crippen LogP contribution in [0.5, 0.6) is 0 Å². The minimum atomic E-state index is -4.56. The predicted molar refractivity (Wildman–Crippen MR) is 102 cm³/mol. The molecule has 2 rings (SSSR count). The lowest BCUT2D eigenvalue weighted by Crippen LogP contribution is -2.27. The van der Waals surface area contributed by atoms with Gasteiger partial charge >= 0.3 is 6.18 Å². The Morgan fingerprint density at radius 1 is 1.10 bits per heavy atom. The molecule has 1 N–H and O–H groups in total. The quantitative estimate of drug-likeness (QED) is 0.772. The maximum atomic E-state index is 12.8. The minimum absolute atomic E-state index is 0.0448. The number of nitrogens with one attached hydrogen (secondary N) is 1. The lowest BCUT2D eigenvalue weighted by Gasteiger charge is -2.17. The number of amides is 1. The van der Waals surface area contributed by atoms with Crippen LogP contribution in [-0.2, 0) is 17.4 Å². The number of hydrogen-bond acceptors (Lipinski definition) is 4. The summed E-state index contributed by atoms with van der Waals surface area (Å²) in [4.78, 5) is 32.2. The van der Waals surface area contributed by atoms with Crippen molar-refractivity contribution in [1.82, 2.24) is 15.3 Å². The largest absolute Gasteiger partial charge is 0.433 e. The molecule has 0 radical (unpaired) electrons. The summed E-state index contributed by atoms with van der Waals surface area (Å²) in [5.41, 5.74) is 1.00. The Hall–Kier alpha value is -2.77. The highest BCUT2D eigenvalue weighted by Gasteiger charge is 2.34. The summed E-state index contributed by atoms with van der Waals surface area (Å²) < 4.78 is 38.5. The third kappa shape index (κ3) is 5.85. The number of carbonyl (C=O) groups is 2. The third-order valence-electron chi connectivity index (χ3n) is 4.48. The van der Waals surface area contributed by atoms with Gasteiger partial charge in [0.2, 0.25) is 0 Å². The molecular formula is C21H24F3N3O2. The number of halogens is 3. The molecular weight excluding hydrogens is 383 g/mol. The molecule has 0 aromatic carbocycles. The van der Waals surface area contributed by atoms with Crippen molar-refractivity contribution in [3.63, 3.8) is 0 Å². The number of carbonyl (C=O) groups excluding carboxylic acids is 2. The fourth-order valence-electron chi connectivity index (χ4n) is 2.85. The van der Waals surface area contributed by atoms with E-state index in [2.05, 4.69) is 15.3 Å². The summed E-state index contributed by atoms with van der Waals surface area (Å²) >= 11 is 0. The SMILES string of the molecule is Cc1cc(C(C)NC(=O)c2cnc(C(F)(F)F)c(C)c2)cc(CC(=O)C(C)C)n1. The van der Waals surface area contributed by atoms with Crippen LogP contribution in [0.2, 0.25) is 0 Å². The van der Waals surface area contributed by atoms with Gasteiger partial charge in [0.15, 0.2) is 0 Å². The zero-order chi connectivity index (χ0) is 21.9. The standard InChI is InChI=1S/C21H24F3N3O2/c1-11(2)18(28)9-17-8-15(7-13(4)26-17)14(5)27-20(29)16-6-12(3)19(25-10-16)21(22,23)24/h6-8,10-11,14H,9H2,1-5H3,(H,27,29). The Morgan fingerprint density at radius 2 is 1.76 bits per heavy atom. The smallest absolute Gasteiger partial charge is 0.345 e. The van der Waals surface area contributed by atoms with Crippen molar-refractivity contribution in [2.75, 3.05) is 0 Å². The maximum Gasteiger partial charge on any atom is 0.433 e. The number of Topliss-reactive ketones (excluding diaryl/α,β-unsaturated/α-hetero) is 1. The van der Waals surface area contributed by atoms with Crippen molar-refractivity contribution < 1.29 is 22.8 Å². The number of nitrogens with zero attached hydrogens (tertiary/aromatic N) is 2. The van der Waals surface area contributed by atoms with Crippen LogP contribution in [0, 0.1) is 19.8 Å². The van der Waals surface area contributed by atoms with Crippen LogP contribution >= 0.6 is 0 Å². The third-order valence-corrected chi connectivity index (χ3v) is 4.48. The molecule has 0 bridgehead atoms. The summed E-state index contributed by atoms with van der Waals surface area (Å²) in [6.45, 7) is 8.46. The zero-order valence-electron chi connectivity index (χ0n) is 17.0. The first kappa shape index (κ1) is 22.5. The second-order valence-corrected chi connectivity index (χ2v) is 7.41. The fourth-order valence-corrected chi connectivity index (χ4v) is 2.85. The van der Waals surface area contributed by atoms with Gasteiger partial charge in [-0.2, -0.15) is 13.2 Å². The molecule has 0 aliphatic rings. The Balaban J connectivity index is 2.18. The van der Waals surface area contributed by atoms with Crippen LogP contribution in [0.4, 0.5) is 13.2 Å².